The first-order valence-electron chi connectivity index (χ1n) is 7.54. The number of hydrogen-bond acceptors (Lipinski definition) is 3. The lowest BCUT2D eigenvalue weighted by Crippen LogP contribution is -2.54. The summed E-state index contributed by atoms with van der Waals surface area (Å²) in [6.07, 6.45) is 9.91. The van der Waals surface area contributed by atoms with E-state index in [1.165, 1.54) is 19.3 Å². The summed E-state index contributed by atoms with van der Waals surface area (Å²) in [5.41, 5.74) is -0.0720. The van der Waals surface area contributed by atoms with Crippen molar-refractivity contribution in [1.29, 1.82) is 0 Å². The predicted octanol–water partition coefficient (Wildman–Crippen LogP) is 2.50. The summed E-state index contributed by atoms with van der Waals surface area (Å²) >= 11 is 0. The van der Waals surface area contributed by atoms with Gasteiger partial charge in [0.25, 0.3) is 0 Å². The second kappa shape index (κ2) is 3.47. The van der Waals surface area contributed by atoms with Crippen molar-refractivity contribution in [2.75, 3.05) is 0 Å². The quantitative estimate of drug-likeness (QED) is 0.605. The summed E-state index contributed by atoms with van der Waals surface area (Å²) in [5, 5.41) is 15.0. The van der Waals surface area contributed by atoms with E-state index in [4.69, 9.17) is 0 Å². The van der Waals surface area contributed by atoms with Crippen molar-refractivity contribution in [3.05, 3.63) is 10.1 Å². The van der Waals surface area contributed by atoms with E-state index in [1.54, 1.807) is 0 Å². The smallest absolute Gasteiger partial charge is 0.222 e. The minimum absolute atomic E-state index is 0.0368. The van der Waals surface area contributed by atoms with Crippen molar-refractivity contribution in [2.45, 2.75) is 75.4 Å². The van der Waals surface area contributed by atoms with Crippen molar-refractivity contribution >= 4 is 0 Å². The fourth-order valence-electron chi connectivity index (χ4n) is 5.53. The minimum atomic E-state index is -0.535. The highest BCUT2D eigenvalue weighted by Crippen LogP contribution is 2.60. The maximum absolute atomic E-state index is 11.3. The van der Waals surface area contributed by atoms with Gasteiger partial charge in [-0.2, -0.15) is 0 Å². The van der Waals surface area contributed by atoms with Crippen LogP contribution in [0.15, 0.2) is 0 Å². The van der Waals surface area contributed by atoms with Crippen LogP contribution in [0.25, 0.3) is 0 Å². The summed E-state index contributed by atoms with van der Waals surface area (Å²) in [7, 11) is 0. The van der Waals surface area contributed by atoms with Gasteiger partial charge in [-0.1, -0.05) is 0 Å². The number of hydrogen-bond donors (Lipinski definition) is 1. The van der Waals surface area contributed by atoms with Crippen LogP contribution in [0.2, 0.25) is 0 Å². The molecule has 3 unspecified atom stereocenters. The summed E-state index contributed by atoms with van der Waals surface area (Å²) in [5.74, 6) is 0.821. The van der Waals surface area contributed by atoms with Crippen LogP contribution in [0.4, 0.5) is 0 Å². The van der Waals surface area contributed by atoms with Gasteiger partial charge in [-0.15, -0.1) is 0 Å². The number of nitrogens with one attached hydrogen (secondary N) is 1. The van der Waals surface area contributed by atoms with E-state index in [2.05, 4.69) is 5.32 Å². The molecule has 4 bridgehead atoms. The van der Waals surface area contributed by atoms with Gasteiger partial charge in [0.2, 0.25) is 5.54 Å². The van der Waals surface area contributed by atoms with Gasteiger partial charge in [0.05, 0.1) is 0 Å². The topological polar surface area (TPSA) is 55.2 Å². The van der Waals surface area contributed by atoms with Gasteiger partial charge >= 0.3 is 0 Å². The van der Waals surface area contributed by atoms with Crippen molar-refractivity contribution in [3.63, 3.8) is 0 Å². The second-order valence-electron chi connectivity index (χ2n) is 7.23. The van der Waals surface area contributed by atoms with E-state index in [0.717, 1.165) is 56.5 Å². The zero-order chi connectivity index (χ0) is 12.4. The molecule has 0 radical (unpaired) electrons. The summed E-state index contributed by atoms with van der Waals surface area (Å²) in [6, 6.07) is 1.50. The Hall–Kier alpha value is -0.640. The fourth-order valence-corrected chi connectivity index (χ4v) is 5.53. The van der Waals surface area contributed by atoms with Gasteiger partial charge in [0.15, 0.2) is 0 Å². The van der Waals surface area contributed by atoms with Crippen LogP contribution < -0.4 is 5.32 Å². The third-order valence-electron chi connectivity index (χ3n) is 6.74. The van der Waals surface area contributed by atoms with Crippen LogP contribution in [-0.2, 0) is 0 Å². The van der Waals surface area contributed by atoms with Gasteiger partial charge in [0, 0.05) is 36.3 Å². The lowest BCUT2D eigenvalue weighted by molar-refractivity contribution is -0.584. The van der Waals surface area contributed by atoms with E-state index >= 15 is 0 Å². The largest absolute Gasteiger partial charge is 0.311 e. The Labute approximate surface area is 108 Å². The lowest BCUT2D eigenvalue weighted by Gasteiger charge is -2.53. The number of rotatable bonds is 2. The van der Waals surface area contributed by atoms with Crippen molar-refractivity contribution in [3.8, 4) is 0 Å². The Morgan fingerprint density at radius 1 is 1.06 bits per heavy atom. The highest BCUT2D eigenvalue weighted by molar-refractivity contribution is 5.10. The summed E-state index contributed by atoms with van der Waals surface area (Å²) < 4.78 is 0. The van der Waals surface area contributed by atoms with Gasteiger partial charge in [-0.3, -0.25) is 10.1 Å². The maximum atomic E-state index is 11.3. The van der Waals surface area contributed by atoms with E-state index in [0.29, 0.717) is 5.41 Å². The standard InChI is InChI=1S/C14H22N2O2/c17-16(18)14-6-3-13(4-7-14,5-8-14)11-9-10-1-2-12(11)15-10/h10-12,15H,1-9H2. The molecule has 0 aromatic heterocycles. The van der Waals surface area contributed by atoms with Gasteiger partial charge < -0.3 is 5.32 Å². The molecule has 3 saturated carbocycles. The summed E-state index contributed by atoms with van der Waals surface area (Å²) in [4.78, 5) is 11.3. The highest BCUT2D eigenvalue weighted by Gasteiger charge is 2.60. The fraction of sp³-hybridized carbons (Fsp3) is 1.00. The molecule has 3 aliphatic carbocycles. The molecule has 5 aliphatic rings. The van der Waals surface area contributed by atoms with E-state index in [9.17, 15) is 10.1 Å². The van der Waals surface area contributed by atoms with E-state index in [-0.39, 0.29) is 4.92 Å². The molecular weight excluding hydrogens is 228 g/mol. The first kappa shape index (κ1) is 11.2. The second-order valence-corrected chi connectivity index (χ2v) is 7.23. The zero-order valence-corrected chi connectivity index (χ0v) is 10.9. The highest BCUT2D eigenvalue weighted by atomic mass is 16.6. The van der Waals surface area contributed by atoms with Crippen LogP contribution in [0.5, 0.6) is 0 Å². The normalized spacial score (nSPS) is 53.9. The Morgan fingerprint density at radius 2 is 1.72 bits per heavy atom. The van der Waals surface area contributed by atoms with Gasteiger partial charge in [-0.05, 0) is 49.9 Å². The molecule has 2 heterocycles. The SMILES string of the molecule is O=[N+]([O-])C12CCC(C3CC4CCC3N4)(CC1)CC2. The number of nitro groups is 1. The number of nitrogens with zero attached hydrogens (tertiary/aromatic N) is 1. The van der Waals surface area contributed by atoms with Gasteiger partial charge in [0.1, 0.15) is 0 Å². The molecule has 0 amide bonds. The van der Waals surface area contributed by atoms with Crippen LogP contribution in [0, 0.1) is 21.4 Å². The zero-order valence-electron chi connectivity index (χ0n) is 10.9. The Kier molecular flexibility index (Phi) is 2.16. The molecule has 0 aromatic rings. The van der Waals surface area contributed by atoms with Crippen molar-refractivity contribution in [2.24, 2.45) is 11.3 Å². The van der Waals surface area contributed by atoms with Crippen LogP contribution in [0.1, 0.15) is 57.8 Å². The van der Waals surface area contributed by atoms with E-state index in [1.807, 2.05) is 0 Å². The molecule has 3 atom stereocenters. The van der Waals surface area contributed by atoms with Crippen molar-refractivity contribution in [1.82, 2.24) is 5.32 Å². The average molecular weight is 250 g/mol. The molecule has 4 nitrogen and oxygen atoms in total. The average Bonchev–Trinajstić information content (AvgIpc) is 3.03. The molecule has 2 saturated heterocycles. The van der Waals surface area contributed by atoms with Gasteiger partial charge in [-0.25, -0.2) is 0 Å². The third-order valence-corrected chi connectivity index (χ3v) is 6.74. The molecule has 2 aliphatic heterocycles. The van der Waals surface area contributed by atoms with E-state index < -0.39 is 5.54 Å². The van der Waals surface area contributed by atoms with Crippen LogP contribution >= 0.6 is 0 Å². The predicted molar refractivity (Wildman–Crippen MR) is 67.9 cm³/mol. The Morgan fingerprint density at radius 3 is 2.17 bits per heavy atom. The molecule has 18 heavy (non-hydrogen) atoms. The Bertz CT molecular complexity index is 371. The van der Waals surface area contributed by atoms with Crippen LogP contribution in [0.3, 0.4) is 0 Å². The molecule has 5 fully saturated rings. The lowest BCUT2D eigenvalue weighted by atomic mass is 9.51. The first-order valence-corrected chi connectivity index (χ1v) is 7.54. The molecule has 5 rings (SSSR count). The number of fused-ring (bicyclic) bond motifs is 5. The molecule has 4 heteroatoms. The molecular formula is C14H22N2O2. The Balaban J connectivity index is 1.56. The molecule has 1 N–H and O–H groups in total. The van der Waals surface area contributed by atoms with Crippen molar-refractivity contribution < 1.29 is 4.92 Å². The van der Waals surface area contributed by atoms with Crippen LogP contribution in [-0.4, -0.2) is 22.5 Å². The minimum Gasteiger partial charge on any atom is -0.311 e. The summed E-state index contributed by atoms with van der Waals surface area (Å²) in [6.45, 7) is 0. The maximum Gasteiger partial charge on any atom is 0.222 e. The third kappa shape index (κ3) is 1.30. The molecule has 0 spiro atoms. The molecule has 0 aromatic carbocycles. The monoisotopic (exact) mass is 250 g/mol. The molecule has 100 valence electrons. The first-order chi connectivity index (χ1) is 8.64.